The minimum atomic E-state index is -1.03. The van der Waals surface area contributed by atoms with Crippen LogP contribution in [0, 0.1) is 16.7 Å². The fraction of sp³-hybridized carbons (Fsp3) is 0.586. The first-order valence-electron chi connectivity index (χ1n) is 12.7. The van der Waals surface area contributed by atoms with Crippen molar-refractivity contribution in [1.82, 2.24) is 0 Å². The van der Waals surface area contributed by atoms with Crippen LogP contribution in [0.4, 0.5) is 0 Å². The number of aromatic hydroxyl groups is 1. The van der Waals surface area contributed by atoms with Gasteiger partial charge < -0.3 is 20.1 Å². The van der Waals surface area contributed by atoms with Crippen LogP contribution in [-0.4, -0.2) is 46.4 Å². The number of aliphatic hydroxyl groups excluding tert-OH is 2. The molecule has 3 N–H and O–H groups in total. The van der Waals surface area contributed by atoms with E-state index in [4.69, 9.17) is 4.74 Å². The van der Waals surface area contributed by atoms with Crippen LogP contribution in [0.5, 0.6) is 5.75 Å². The van der Waals surface area contributed by atoms with Gasteiger partial charge in [-0.15, -0.1) is 0 Å². The first kappa shape index (κ1) is 27.2. The Morgan fingerprint density at radius 1 is 1.17 bits per heavy atom. The van der Waals surface area contributed by atoms with Crippen molar-refractivity contribution in [3.63, 3.8) is 0 Å². The van der Waals surface area contributed by atoms with Crippen LogP contribution in [0.3, 0.4) is 0 Å². The number of hydrogen-bond donors (Lipinski definition) is 3. The third-order valence-electron chi connectivity index (χ3n) is 8.38. The molecule has 0 spiro atoms. The second kappa shape index (κ2) is 11.1. The van der Waals surface area contributed by atoms with Crippen molar-refractivity contribution in [1.29, 1.82) is 0 Å². The Bertz CT molecular complexity index is 991. The summed E-state index contributed by atoms with van der Waals surface area (Å²) in [5, 5.41) is 29.8. The molecular weight excluding hydrogens is 444 g/mol. The van der Waals surface area contributed by atoms with Gasteiger partial charge >= 0.3 is 5.97 Å². The van der Waals surface area contributed by atoms with Gasteiger partial charge in [0.25, 0.3) is 0 Å². The van der Waals surface area contributed by atoms with E-state index >= 15 is 0 Å². The first-order valence-corrected chi connectivity index (χ1v) is 12.7. The number of benzene rings is 1. The monoisotopic (exact) mass is 484 g/mol. The van der Waals surface area contributed by atoms with Crippen LogP contribution in [0.15, 0.2) is 47.1 Å². The lowest BCUT2D eigenvalue weighted by Gasteiger charge is -2.51. The molecule has 1 aromatic carbocycles. The number of carbonyl (C=O) groups is 2. The molecule has 2 aliphatic rings. The van der Waals surface area contributed by atoms with Crippen LogP contribution in [0.2, 0.25) is 0 Å². The smallest absolute Gasteiger partial charge is 0.306 e. The molecule has 0 heterocycles. The number of ketones is 1. The van der Waals surface area contributed by atoms with E-state index in [-0.39, 0.29) is 48.5 Å². The van der Waals surface area contributed by atoms with Gasteiger partial charge in [-0.3, -0.25) is 9.59 Å². The summed E-state index contributed by atoms with van der Waals surface area (Å²) < 4.78 is 5.63. The number of phenols is 1. The fourth-order valence-electron chi connectivity index (χ4n) is 5.78. The first-order chi connectivity index (χ1) is 16.5. The number of esters is 1. The SMILES string of the molecule is C/C(=C/CO)CC[C@@]1(C)C2=C([C@@H](O)C[C@@H]1C)[C@@](C)(COC(=O)CCc1ccc(O)cc1)C(=O)CC2. The molecular formula is C29H40O6. The summed E-state index contributed by atoms with van der Waals surface area (Å²) in [5.74, 6) is 0.0421. The zero-order valence-electron chi connectivity index (χ0n) is 21.5. The lowest BCUT2D eigenvalue weighted by atomic mass is 9.54. The van der Waals surface area contributed by atoms with Crippen LogP contribution in [-0.2, 0) is 20.7 Å². The van der Waals surface area contributed by atoms with Crippen molar-refractivity contribution in [2.45, 2.75) is 78.7 Å². The summed E-state index contributed by atoms with van der Waals surface area (Å²) in [6.45, 7) is 8.18. The molecule has 0 saturated carbocycles. The summed E-state index contributed by atoms with van der Waals surface area (Å²) in [6, 6.07) is 6.70. The number of Topliss-reactive ketones (excluding diaryl/α,β-unsaturated/α-hetero) is 1. The van der Waals surface area contributed by atoms with Gasteiger partial charge in [0, 0.05) is 12.8 Å². The minimum absolute atomic E-state index is 0.00916. The van der Waals surface area contributed by atoms with E-state index in [1.807, 2.05) is 19.9 Å². The van der Waals surface area contributed by atoms with E-state index in [1.165, 1.54) is 0 Å². The predicted octanol–water partition coefficient (Wildman–Crippen LogP) is 4.66. The highest BCUT2D eigenvalue weighted by atomic mass is 16.5. The minimum Gasteiger partial charge on any atom is -0.508 e. The highest BCUT2D eigenvalue weighted by molar-refractivity contribution is 5.90. The van der Waals surface area contributed by atoms with Crippen molar-refractivity contribution in [3.8, 4) is 5.75 Å². The van der Waals surface area contributed by atoms with E-state index in [0.29, 0.717) is 25.7 Å². The highest BCUT2D eigenvalue weighted by Crippen LogP contribution is 2.56. The molecule has 4 atom stereocenters. The maximum atomic E-state index is 13.2. The van der Waals surface area contributed by atoms with Crippen molar-refractivity contribution >= 4 is 11.8 Å². The number of aryl methyl sites for hydroxylation is 1. The third kappa shape index (κ3) is 5.87. The lowest BCUT2D eigenvalue weighted by Crippen LogP contribution is -2.49. The number of aliphatic hydroxyl groups is 2. The van der Waals surface area contributed by atoms with Crippen LogP contribution < -0.4 is 0 Å². The van der Waals surface area contributed by atoms with Gasteiger partial charge in [-0.2, -0.15) is 0 Å². The quantitative estimate of drug-likeness (QED) is 0.348. The molecule has 0 amide bonds. The van der Waals surface area contributed by atoms with Gasteiger partial charge in [-0.25, -0.2) is 0 Å². The highest BCUT2D eigenvalue weighted by Gasteiger charge is 2.52. The Kier molecular flexibility index (Phi) is 8.60. The van der Waals surface area contributed by atoms with Gasteiger partial charge in [0.2, 0.25) is 0 Å². The third-order valence-corrected chi connectivity index (χ3v) is 8.38. The maximum Gasteiger partial charge on any atom is 0.306 e. The normalized spacial score (nSPS) is 29.2. The average molecular weight is 485 g/mol. The Labute approximate surface area is 208 Å². The number of rotatable bonds is 9. The molecule has 1 aromatic rings. The molecule has 6 heteroatoms. The van der Waals surface area contributed by atoms with E-state index in [2.05, 4.69) is 13.8 Å². The van der Waals surface area contributed by atoms with Gasteiger partial charge in [-0.1, -0.05) is 43.2 Å². The van der Waals surface area contributed by atoms with Gasteiger partial charge in [0.1, 0.15) is 18.1 Å². The van der Waals surface area contributed by atoms with E-state index in [9.17, 15) is 24.9 Å². The van der Waals surface area contributed by atoms with E-state index in [0.717, 1.165) is 35.1 Å². The summed E-state index contributed by atoms with van der Waals surface area (Å²) >= 11 is 0. The molecule has 3 rings (SSSR count). The molecule has 0 bridgehead atoms. The average Bonchev–Trinajstić information content (AvgIpc) is 2.82. The molecule has 0 aromatic heterocycles. The number of carbonyl (C=O) groups excluding carboxylic acids is 2. The number of hydrogen-bond acceptors (Lipinski definition) is 6. The Hall–Kier alpha value is -2.44. The number of ether oxygens (including phenoxy) is 1. The van der Waals surface area contributed by atoms with Crippen LogP contribution >= 0.6 is 0 Å². The molecule has 0 fully saturated rings. The standard InChI is InChI=1S/C29H40O6/c1-19(14-16-30)13-15-28(3)20(2)17-24(32)27-23(28)10-11-25(33)29(27,4)18-35-26(34)12-7-21-5-8-22(31)9-6-21/h5-6,8-9,14,20,24,30-32H,7,10-13,15-18H2,1-4H3/b19-14-/t20-,24-,28+,29-/m0/s1. The van der Waals surface area contributed by atoms with Gasteiger partial charge in [0.05, 0.1) is 18.1 Å². The lowest BCUT2D eigenvalue weighted by molar-refractivity contribution is -0.149. The Morgan fingerprint density at radius 2 is 1.86 bits per heavy atom. The summed E-state index contributed by atoms with van der Waals surface area (Å²) in [7, 11) is 0. The molecule has 0 aliphatic heterocycles. The number of phenolic OH excluding ortho intramolecular Hbond substituents is 1. The van der Waals surface area contributed by atoms with Crippen LogP contribution in [0.25, 0.3) is 0 Å². The Morgan fingerprint density at radius 3 is 2.51 bits per heavy atom. The summed E-state index contributed by atoms with van der Waals surface area (Å²) in [5.41, 5.74) is 2.74. The van der Waals surface area contributed by atoms with E-state index < -0.39 is 11.5 Å². The molecule has 2 aliphatic carbocycles. The number of allylic oxidation sites excluding steroid dienone is 2. The van der Waals surface area contributed by atoms with Crippen molar-refractivity contribution in [3.05, 3.63) is 52.6 Å². The summed E-state index contributed by atoms with van der Waals surface area (Å²) in [6.07, 6.45) is 5.03. The molecule has 0 radical (unpaired) electrons. The molecule has 192 valence electrons. The van der Waals surface area contributed by atoms with E-state index in [1.54, 1.807) is 24.3 Å². The molecule has 35 heavy (non-hydrogen) atoms. The molecule has 6 nitrogen and oxygen atoms in total. The molecule has 0 saturated heterocycles. The predicted molar refractivity (Wildman–Crippen MR) is 135 cm³/mol. The fourth-order valence-corrected chi connectivity index (χ4v) is 5.78. The summed E-state index contributed by atoms with van der Waals surface area (Å²) in [4.78, 5) is 25.7. The van der Waals surface area contributed by atoms with Gasteiger partial charge in [-0.05, 0) is 80.6 Å². The topological polar surface area (TPSA) is 104 Å². The van der Waals surface area contributed by atoms with Gasteiger partial charge in [0.15, 0.2) is 0 Å². The largest absolute Gasteiger partial charge is 0.508 e. The van der Waals surface area contributed by atoms with Crippen LogP contribution in [0.1, 0.15) is 71.8 Å². The van der Waals surface area contributed by atoms with Crippen molar-refractivity contribution in [2.75, 3.05) is 13.2 Å². The second-order valence-corrected chi connectivity index (χ2v) is 10.8. The van der Waals surface area contributed by atoms with Crippen molar-refractivity contribution < 1.29 is 29.6 Å². The second-order valence-electron chi connectivity index (χ2n) is 10.8. The maximum absolute atomic E-state index is 13.2. The van der Waals surface area contributed by atoms with Crippen molar-refractivity contribution in [2.24, 2.45) is 16.7 Å². The molecule has 0 unspecified atom stereocenters. The Balaban J connectivity index is 1.79. The zero-order valence-corrected chi connectivity index (χ0v) is 21.5. The zero-order chi connectivity index (χ0) is 25.8.